The van der Waals surface area contributed by atoms with E-state index in [1.165, 1.54) is 234 Å². The normalized spacial score (nSPS) is 12.6. The zero-order chi connectivity index (χ0) is 90.7. The van der Waals surface area contributed by atoms with E-state index in [1.54, 1.807) is 0 Å². The Balaban J connectivity index is 0.0000000829. The van der Waals surface area contributed by atoms with E-state index in [0.717, 1.165) is 88.1 Å². The molecule has 0 N–H and O–H groups in total. The SMILES string of the molecule is c1ccc2c(c1)cn1c2c2ccc3c4ccccc4sc3c2c2ccc3oc4ccccc4c3c21.c1ccc2c(c1)cn1c2c2ccc3oc4ccccc4c3c2c2ccc3oc4ccccc4c3c21.c1ccc2c(c1)cn1c3cc4c(cc3c3c(ccc5sc6ccccc6c53)c21)oc1ccccc14.c1ccc2c(c1)cn1c3ccc4oc5ccccc5c4c3c3c(ccc4c5ccccc5sc43)c21. The van der Waals surface area contributed by atoms with Crippen molar-refractivity contribution in [3.8, 4) is 0 Å². The van der Waals surface area contributed by atoms with Gasteiger partial charge in [0.2, 0.25) is 0 Å². The van der Waals surface area contributed by atoms with Crippen molar-refractivity contribution >= 4 is 356 Å². The molecule has 0 radical (unpaired) electrons. The molecule has 16 aromatic heterocycles. The van der Waals surface area contributed by atoms with E-state index >= 15 is 0 Å². The van der Waals surface area contributed by atoms with E-state index in [-0.39, 0.29) is 0 Å². The maximum atomic E-state index is 6.35. The Morgan fingerprint density at radius 1 is 0.143 bits per heavy atom. The van der Waals surface area contributed by atoms with Crippen LogP contribution in [0.25, 0.3) is 322 Å². The van der Waals surface area contributed by atoms with Crippen LogP contribution >= 0.6 is 34.0 Å². The summed E-state index contributed by atoms with van der Waals surface area (Å²) >= 11 is 5.67. The van der Waals surface area contributed by atoms with Crippen molar-refractivity contribution in [1.82, 2.24) is 17.6 Å². The van der Waals surface area contributed by atoms with Crippen LogP contribution in [0.5, 0.6) is 0 Å². The van der Waals surface area contributed by atoms with Gasteiger partial charge in [0.1, 0.15) is 55.8 Å². The molecule has 0 aliphatic rings. The lowest BCUT2D eigenvalue weighted by Gasteiger charge is -2.12. The zero-order valence-electron chi connectivity index (χ0n) is 74.3. The molecule has 0 spiro atoms. The third-order valence-corrected chi connectivity index (χ3v) is 33.8. The van der Waals surface area contributed by atoms with Gasteiger partial charge in [-0.15, -0.1) is 34.0 Å². The van der Waals surface area contributed by atoms with Gasteiger partial charge in [0.05, 0.1) is 54.9 Å². The van der Waals surface area contributed by atoms with Crippen LogP contribution in [0.15, 0.2) is 435 Å². The molecule has 0 saturated carbocycles. The first-order chi connectivity index (χ1) is 69.4. The lowest BCUT2D eigenvalue weighted by Crippen LogP contribution is -1.91. The molecule has 0 aliphatic carbocycles. The van der Waals surface area contributed by atoms with Crippen LogP contribution in [-0.4, -0.2) is 17.6 Å². The molecule has 36 aromatic rings. The fraction of sp³-hybridized carbons (Fsp3) is 0. The number of furan rings is 5. The van der Waals surface area contributed by atoms with Crippen molar-refractivity contribution in [3.05, 3.63) is 413 Å². The highest BCUT2D eigenvalue weighted by molar-refractivity contribution is 7.27. The van der Waals surface area contributed by atoms with Gasteiger partial charge in [-0.1, -0.05) is 273 Å². The number of nitrogens with zero attached hydrogens (tertiary/aromatic N) is 4. The topological polar surface area (TPSA) is 83.3 Å². The van der Waals surface area contributed by atoms with E-state index in [1.807, 2.05) is 70.4 Å². The fourth-order valence-electron chi connectivity index (χ4n) is 24.5. The summed E-state index contributed by atoms with van der Waals surface area (Å²) in [5.41, 5.74) is 19.1. The molecule has 0 amide bonds. The van der Waals surface area contributed by atoms with Crippen molar-refractivity contribution < 1.29 is 22.1 Å². The van der Waals surface area contributed by atoms with E-state index in [4.69, 9.17) is 22.1 Å². The first kappa shape index (κ1) is 75.5. The molecule has 0 aliphatic heterocycles. The van der Waals surface area contributed by atoms with Gasteiger partial charge in [-0.2, -0.15) is 0 Å². The van der Waals surface area contributed by atoms with Crippen molar-refractivity contribution in [2.24, 2.45) is 0 Å². The summed E-state index contributed by atoms with van der Waals surface area (Å²) < 4.78 is 49.2. The molecule has 16 heterocycles. The Hall–Kier alpha value is -17.8. The second-order valence-electron chi connectivity index (χ2n) is 37.3. The summed E-state index contributed by atoms with van der Waals surface area (Å²) in [5, 5.41) is 45.0. The Morgan fingerprint density at radius 3 is 0.957 bits per heavy atom. The van der Waals surface area contributed by atoms with Crippen molar-refractivity contribution in [2.75, 3.05) is 0 Å². The number of hydrogen-bond acceptors (Lipinski definition) is 8. The Kier molecular flexibility index (Phi) is 15.1. The van der Waals surface area contributed by atoms with Crippen molar-refractivity contribution in [3.63, 3.8) is 0 Å². The molecule has 0 fully saturated rings. The number of fused-ring (bicyclic) bond motifs is 63. The molecular formula is C128H68N4O5S3. The quantitative estimate of drug-likeness (QED) is 0.141. The minimum Gasteiger partial charge on any atom is -0.456 e. The summed E-state index contributed by atoms with van der Waals surface area (Å²) in [6, 6.07) is 139. The molecule has 140 heavy (non-hydrogen) atoms. The van der Waals surface area contributed by atoms with Crippen LogP contribution in [0.4, 0.5) is 0 Å². The highest BCUT2D eigenvalue weighted by Gasteiger charge is 2.28. The number of rotatable bonds is 0. The molecule has 9 nitrogen and oxygen atoms in total. The van der Waals surface area contributed by atoms with Crippen LogP contribution in [-0.2, 0) is 0 Å². The van der Waals surface area contributed by atoms with Crippen molar-refractivity contribution in [2.45, 2.75) is 0 Å². The summed E-state index contributed by atoms with van der Waals surface area (Å²) in [7, 11) is 0. The number of para-hydroxylation sites is 5. The largest absolute Gasteiger partial charge is 0.456 e. The van der Waals surface area contributed by atoms with Gasteiger partial charge in [-0.25, -0.2) is 0 Å². The average molecular weight is 1840 g/mol. The standard InChI is InChI=1S/C32H17NO2.3C32H17NOS/c1-2-8-19-18(7-1)17-33-31(19)22-13-15-26-29(20-9-3-5-11-24(20)34-26)28(22)23-14-16-27-30(32(23)33)21-10-4-6-12-25(21)35-27;1-2-8-19-18(7-1)17-33-30(19)23-14-13-21-20-9-4-6-12-27(20)35-32(21)28(23)24-15-16-26-29(31(24)33)22-10-3-5-11-25(22)34-26;1-2-8-19-18(7-1)17-33-24-15-16-26-28(22-10-3-5-11-25(22)34-26)30(24)29-23(31(19)33)14-13-21-20-9-4-6-12-27(20)35-32(21)29;1-2-8-19-18(7-1)17-33-25-15-23-20-9-3-5-11-26(20)34-27(23)16-24(25)30-22(32(19)33)13-14-29-31(30)21-10-4-6-12-28(21)35-29/h4*1-17H. The lowest BCUT2D eigenvalue weighted by molar-refractivity contribution is 0.668. The molecule has 648 valence electrons. The van der Waals surface area contributed by atoms with Gasteiger partial charge in [0.25, 0.3) is 0 Å². The summed E-state index contributed by atoms with van der Waals surface area (Å²) in [6.45, 7) is 0. The van der Waals surface area contributed by atoms with Crippen molar-refractivity contribution in [1.29, 1.82) is 0 Å². The first-order valence-corrected chi connectivity index (χ1v) is 49.9. The summed E-state index contributed by atoms with van der Waals surface area (Å²) in [5.74, 6) is 0. The van der Waals surface area contributed by atoms with E-state index < -0.39 is 0 Å². The molecule has 0 saturated heterocycles. The van der Waals surface area contributed by atoms with Crippen LogP contribution in [0, 0.1) is 0 Å². The van der Waals surface area contributed by atoms with Gasteiger partial charge < -0.3 is 39.7 Å². The van der Waals surface area contributed by atoms with Crippen LogP contribution in [0.1, 0.15) is 0 Å². The second-order valence-corrected chi connectivity index (χ2v) is 40.5. The average Bonchev–Trinajstić information content (AvgIpc) is 1.51. The Labute approximate surface area is 802 Å². The highest BCUT2D eigenvalue weighted by atomic mass is 32.1. The monoisotopic (exact) mass is 1840 g/mol. The summed E-state index contributed by atoms with van der Waals surface area (Å²) in [6.07, 6.45) is 9.14. The molecule has 12 heteroatoms. The molecule has 36 rings (SSSR count). The smallest absolute Gasteiger partial charge is 0.137 e. The third-order valence-electron chi connectivity index (χ3n) is 30.2. The van der Waals surface area contributed by atoms with Gasteiger partial charge >= 0.3 is 0 Å². The molecule has 20 aromatic carbocycles. The number of pyridine rings is 4. The maximum Gasteiger partial charge on any atom is 0.137 e. The minimum atomic E-state index is 0.904. The zero-order valence-corrected chi connectivity index (χ0v) is 76.8. The Morgan fingerprint density at radius 2 is 0.457 bits per heavy atom. The number of thiophene rings is 3. The highest BCUT2D eigenvalue weighted by Crippen LogP contribution is 2.54. The minimum absolute atomic E-state index is 0.904. The van der Waals surface area contributed by atoms with E-state index in [9.17, 15) is 0 Å². The van der Waals surface area contributed by atoms with Gasteiger partial charge in [0.15, 0.2) is 0 Å². The van der Waals surface area contributed by atoms with Gasteiger partial charge in [-0.05, 0) is 115 Å². The van der Waals surface area contributed by atoms with E-state index in [0.29, 0.717) is 0 Å². The predicted molar refractivity (Wildman–Crippen MR) is 595 cm³/mol. The van der Waals surface area contributed by atoms with Crippen LogP contribution in [0.3, 0.4) is 0 Å². The fourth-order valence-corrected chi connectivity index (χ4v) is 28.1. The second kappa shape index (κ2) is 28.0. The Bertz CT molecular complexity index is 12000. The first-order valence-electron chi connectivity index (χ1n) is 47.5. The van der Waals surface area contributed by atoms with Gasteiger partial charge in [0, 0.05) is 236 Å². The third kappa shape index (κ3) is 10.2. The molecular weight excluding hydrogens is 1770 g/mol. The van der Waals surface area contributed by atoms with Crippen LogP contribution in [0.2, 0.25) is 0 Å². The number of aromatic nitrogens is 4. The molecule has 0 unspecified atom stereocenters. The molecule has 0 bridgehead atoms. The predicted octanol–water partition coefficient (Wildman–Crippen LogP) is 38.2. The van der Waals surface area contributed by atoms with Gasteiger partial charge in [-0.3, -0.25) is 0 Å². The number of benzene rings is 20. The maximum absolute atomic E-state index is 6.35. The summed E-state index contributed by atoms with van der Waals surface area (Å²) in [4.78, 5) is 0. The number of hydrogen-bond donors (Lipinski definition) is 0. The lowest BCUT2D eigenvalue weighted by atomic mass is 9.97. The molecule has 0 atom stereocenters. The van der Waals surface area contributed by atoms with E-state index in [2.05, 4.69) is 394 Å². The van der Waals surface area contributed by atoms with Crippen LogP contribution < -0.4 is 0 Å².